The number of carboxylic acids is 1. The van der Waals surface area contributed by atoms with E-state index < -0.39 is 11.9 Å². The molecular formula is C18H25ClN2O3. The van der Waals surface area contributed by atoms with E-state index in [4.69, 9.17) is 11.6 Å². The first-order valence-corrected chi connectivity index (χ1v) is 8.68. The van der Waals surface area contributed by atoms with Crippen LogP contribution in [0.1, 0.15) is 38.8 Å². The monoisotopic (exact) mass is 352 g/mol. The Morgan fingerprint density at radius 2 is 1.88 bits per heavy atom. The molecule has 1 heterocycles. The quantitative estimate of drug-likeness (QED) is 0.854. The van der Waals surface area contributed by atoms with Gasteiger partial charge in [0.05, 0.1) is 18.0 Å². The average molecular weight is 353 g/mol. The maximum Gasteiger partial charge on any atom is 0.307 e. The van der Waals surface area contributed by atoms with Crippen molar-refractivity contribution in [1.82, 2.24) is 10.2 Å². The van der Waals surface area contributed by atoms with Crippen LogP contribution in [0, 0.1) is 11.8 Å². The Morgan fingerprint density at radius 3 is 2.46 bits per heavy atom. The second kappa shape index (κ2) is 7.99. The maximum atomic E-state index is 12.5. The van der Waals surface area contributed by atoms with E-state index in [2.05, 4.69) is 5.32 Å². The molecule has 1 aromatic rings. The highest BCUT2D eigenvalue weighted by Crippen LogP contribution is 2.24. The fourth-order valence-corrected chi connectivity index (χ4v) is 3.35. The fourth-order valence-electron chi connectivity index (χ4n) is 3.22. The molecule has 1 saturated heterocycles. The Bertz CT molecular complexity index is 590. The van der Waals surface area contributed by atoms with E-state index in [1.54, 1.807) is 12.1 Å². The van der Waals surface area contributed by atoms with Crippen molar-refractivity contribution in [3.63, 3.8) is 0 Å². The highest BCUT2D eigenvalue weighted by Gasteiger charge is 2.34. The minimum atomic E-state index is -0.784. The number of hydrogen-bond donors (Lipinski definition) is 2. The van der Waals surface area contributed by atoms with E-state index in [1.807, 2.05) is 37.8 Å². The molecule has 1 fully saturated rings. The summed E-state index contributed by atoms with van der Waals surface area (Å²) in [5.41, 5.74) is 0.982. The van der Waals surface area contributed by atoms with Crippen LogP contribution in [0.25, 0.3) is 0 Å². The van der Waals surface area contributed by atoms with Gasteiger partial charge >= 0.3 is 5.97 Å². The number of halogens is 1. The zero-order valence-corrected chi connectivity index (χ0v) is 15.1. The summed E-state index contributed by atoms with van der Waals surface area (Å²) in [6.07, 6.45) is 0.668. The molecule has 0 radical (unpaired) electrons. The topological polar surface area (TPSA) is 69.6 Å². The van der Waals surface area contributed by atoms with E-state index in [9.17, 15) is 14.7 Å². The number of nitrogens with zero attached hydrogens (tertiary/aromatic N) is 1. The zero-order chi connectivity index (χ0) is 17.9. The van der Waals surface area contributed by atoms with Gasteiger partial charge in [-0.25, -0.2) is 0 Å². The zero-order valence-electron chi connectivity index (χ0n) is 14.3. The number of likely N-dealkylation sites (tertiary alicyclic amines) is 1. The molecule has 0 spiro atoms. The maximum absolute atomic E-state index is 12.5. The molecule has 1 amide bonds. The van der Waals surface area contributed by atoms with Crippen LogP contribution in [-0.2, 0) is 9.59 Å². The van der Waals surface area contributed by atoms with E-state index in [0.29, 0.717) is 18.0 Å². The molecule has 6 heteroatoms. The number of benzene rings is 1. The third-order valence-electron chi connectivity index (χ3n) is 4.69. The van der Waals surface area contributed by atoms with Crippen LogP contribution in [0.5, 0.6) is 0 Å². The summed E-state index contributed by atoms with van der Waals surface area (Å²) in [6.45, 7) is 6.95. The number of carboxylic acid groups (broad SMARTS) is 1. The van der Waals surface area contributed by atoms with Gasteiger partial charge < -0.3 is 10.4 Å². The summed E-state index contributed by atoms with van der Waals surface area (Å²) in [5, 5.41) is 12.9. The number of carbonyl (C=O) groups is 2. The third kappa shape index (κ3) is 4.71. The minimum Gasteiger partial charge on any atom is -0.481 e. The number of piperidine rings is 1. The molecule has 1 aromatic carbocycles. The smallest absolute Gasteiger partial charge is 0.307 e. The lowest BCUT2D eigenvalue weighted by molar-refractivity contribution is -0.146. The van der Waals surface area contributed by atoms with Gasteiger partial charge in [-0.3, -0.25) is 14.5 Å². The van der Waals surface area contributed by atoms with Crippen LogP contribution in [-0.4, -0.2) is 41.0 Å². The molecule has 24 heavy (non-hydrogen) atoms. The predicted octanol–water partition coefficient (Wildman–Crippen LogP) is 2.95. The van der Waals surface area contributed by atoms with Crippen molar-refractivity contribution in [2.24, 2.45) is 11.8 Å². The molecule has 0 bridgehead atoms. The number of amides is 1. The van der Waals surface area contributed by atoms with Crippen molar-refractivity contribution in [2.75, 3.05) is 13.1 Å². The van der Waals surface area contributed by atoms with Crippen molar-refractivity contribution in [1.29, 1.82) is 0 Å². The Morgan fingerprint density at radius 1 is 1.25 bits per heavy atom. The molecule has 5 nitrogen and oxygen atoms in total. The molecule has 132 valence electrons. The fraction of sp³-hybridized carbons (Fsp3) is 0.556. The predicted molar refractivity (Wildman–Crippen MR) is 94.0 cm³/mol. The van der Waals surface area contributed by atoms with Crippen molar-refractivity contribution in [3.05, 3.63) is 34.9 Å². The summed E-state index contributed by atoms with van der Waals surface area (Å²) >= 11 is 5.88. The molecule has 4 unspecified atom stereocenters. The third-order valence-corrected chi connectivity index (χ3v) is 4.95. The Labute approximate surface area is 148 Å². The van der Waals surface area contributed by atoms with Gasteiger partial charge in [-0.05, 0) is 43.9 Å². The lowest BCUT2D eigenvalue weighted by Gasteiger charge is -2.38. The van der Waals surface area contributed by atoms with Crippen LogP contribution >= 0.6 is 11.6 Å². The van der Waals surface area contributed by atoms with Gasteiger partial charge in [0.2, 0.25) is 5.91 Å². The van der Waals surface area contributed by atoms with Crippen LogP contribution in [0.15, 0.2) is 24.3 Å². The van der Waals surface area contributed by atoms with Crippen molar-refractivity contribution in [2.45, 2.75) is 39.3 Å². The number of hydrogen-bond acceptors (Lipinski definition) is 3. The summed E-state index contributed by atoms with van der Waals surface area (Å²) in [7, 11) is 0. The Balaban J connectivity index is 1.98. The first kappa shape index (κ1) is 18.7. The van der Waals surface area contributed by atoms with Gasteiger partial charge in [-0.1, -0.05) is 30.7 Å². The summed E-state index contributed by atoms with van der Waals surface area (Å²) in [4.78, 5) is 25.8. The number of rotatable bonds is 5. The highest BCUT2D eigenvalue weighted by molar-refractivity contribution is 6.30. The first-order valence-electron chi connectivity index (χ1n) is 8.30. The van der Waals surface area contributed by atoms with Gasteiger partial charge in [0.15, 0.2) is 0 Å². The van der Waals surface area contributed by atoms with Crippen molar-refractivity contribution < 1.29 is 14.7 Å². The molecule has 0 aliphatic carbocycles. The molecule has 0 aromatic heterocycles. The van der Waals surface area contributed by atoms with Crippen LogP contribution < -0.4 is 5.32 Å². The lowest BCUT2D eigenvalue weighted by Crippen LogP contribution is -2.52. The van der Waals surface area contributed by atoms with E-state index >= 15 is 0 Å². The van der Waals surface area contributed by atoms with Crippen LogP contribution in [0.2, 0.25) is 5.02 Å². The lowest BCUT2D eigenvalue weighted by atomic mass is 9.89. The summed E-state index contributed by atoms with van der Waals surface area (Å²) < 4.78 is 0. The SMILES string of the molecule is CC1CC(C(=O)O)CN(C(C)C(=O)NC(C)c2ccc(Cl)cc2)C1. The van der Waals surface area contributed by atoms with Crippen molar-refractivity contribution in [3.8, 4) is 0 Å². The van der Waals surface area contributed by atoms with Gasteiger partial charge in [-0.15, -0.1) is 0 Å². The van der Waals surface area contributed by atoms with Gasteiger partial charge in [0.25, 0.3) is 0 Å². The second-order valence-corrected chi connectivity index (χ2v) is 7.22. The molecule has 1 aliphatic heterocycles. The average Bonchev–Trinajstić information content (AvgIpc) is 2.53. The number of aliphatic carboxylic acids is 1. The van der Waals surface area contributed by atoms with E-state index in [-0.39, 0.29) is 23.9 Å². The molecule has 2 N–H and O–H groups in total. The number of nitrogens with one attached hydrogen (secondary N) is 1. The normalized spacial score (nSPS) is 24.2. The Hall–Kier alpha value is -1.59. The van der Waals surface area contributed by atoms with E-state index in [0.717, 1.165) is 12.1 Å². The summed E-state index contributed by atoms with van der Waals surface area (Å²) in [6, 6.07) is 6.89. The molecule has 1 aliphatic rings. The largest absolute Gasteiger partial charge is 0.481 e. The molecule has 2 rings (SSSR count). The second-order valence-electron chi connectivity index (χ2n) is 6.79. The molecule has 0 saturated carbocycles. The van der Waals surface area contributed by atoms with Gasteiger partial charge in [-0.2, -0.15) is 0 Å². The number of carbonyl (C=O) groups excluding carboxylic acids is 1. The van der Waals surface area contributed by atoms with Gasteiger partial charge in [0, 0.05) is 18.1 Å². The molecule has 4 atom stereocenters. The van der Waals surface area contributed by atoms with Crippen LogP contribution in [0.4, 0.5) is 0 Å². The van der Waals surface area contributed by atoms with Gasteiger partial charge in [0.1, 0.15) is 0 Å². The Kier molecular flexibility index (Phi) is 6.24. The van der Waals surface area contributed by atoms with Crippen LogP contribution in [0.3, 0.4) is 0 Å². The molecular weight excluding hydrogens is 328 g/mol. The highest BCUT2D eigenvalue weighted by atomic mass is 35.5. The minimum absolute atomic E-state index is 0.0873. The standard InChI is InChI=1S/C18H25ClN2O3/c1-11-8-15(18(23)24)10-21(9-11)13(3)17(22)20-12(2)14-4-6-16(19)7-5-14/h4-7,11-13,15H,8-10H2,1-3H3,(H,20,22)(H,23,24). The van der Waals surface area contributed by atoms with Crippen molar-refractivity contribution >= 4 is 23.5 Å². The first-order chi connectivity index (χ1) is 11.3. The summed E-state index contributed by atoms with van der Waals surface area (Å²) in [5.74, 6) is -1.01. The van der Waals surface area contributed by atoms with E-state index in [1.165, 1.54) is 0 Å².